The Bertz CT molecular complexity index is 769. The van der Waals surface area contributed by atoms with E-state index in [-0.39, 0.29) is 5.50 Å². The Morgan fingerprint density at radius 1 is 1.32 bits per heavy atom. The van der Waals surface area contributed by atoms with Crippen molar-refractivity contribution < 1.29 is 0 Å². The van der Waals surface area contributed by atoms with Crippen LogP contribution in [-0.4, -0.2) is 26.9 Å². The van der Waals surface area contributed by atoms with E-state index in [0.29, 0.717) is 5.84 Å². The molecule has 1 atom stereocenters. The van der Waals surface area contributed by atoms with Crippen molar-refractivity contribution in [3.05, 3.63) is 52.8 Å². The first-order chi connectivity index (χ1) is 10.7. The van der Waals surface area contributed by atoms with Gasteiger partial charge in [-0.3, -0.25) is 19.9 Å². The van der Waals surface area contributed by atoms with Crippen molar-refractivity contribution >= 4 is 45.0 Å². The molecular formula is C15H14BrN5S. The molecule has 0 saturated carbocycles. The quantitative estimate of drug-likeness (QED) is 0.830. The number of fused-ring (bicyclic) bond motifs is 3. The predicted molar refractivity (Wildman–Crippen MR) is 94.7 cm³/mol. The molecule has 0 aliphatic carbocycles. The van der Waals surface area contributed by atoms with E-state index in [2.05, 4.69) is 30.8 Å². The first-order valence-corrected chi connectivity index (χ1v) is 8.84. The van der Waals surface area contributed by atoms with Crippen molar-refractivity contribution in [2.45, 2.75) is 5.50 Å². The molecule has 7 heteroatoms. The van der Waals surface area contributed by atoms with Crippen LogP contribution in [0.25, 0.3) is 0 Å². The topological polar surface area (TPSA) is 48.2 Å². The molecule has 5 nitrogen and oxygen atoms in total. The van der Waals surface area contributed by atoms with E-state index in [1.165, 1.54) is 5.70 Å². The number of aryl methyl sites for hydroxylation is 1. The summed E-state index contributed by atoms with van der Waals surface area (Å²) in [6.45, 7) is 0. The lowest BCUT2D eigenvalue weighted by molar-refractivity contribution is 0.725. The standard InChI is InChI=1S/C15H14BrN5S/c1-19-14-12(8-18-19)13(17)20(10-5-3-2-4-6-10)15-21(14)11(7-16)9-22-15/h2-8,15,17H,9H2,1H3/b11-7-,17-13?. The van der Waals surface area contributed by atoms with Gasteiger partial charge in [0, 0.05) is 29.2 Å². The zero-order valence-corrected chi connectivity index (χ0v) is 14.3. The van der Waals surface area contributed by atoms with E-state index < -0.39 is 0 Å². The molecule has 3 heterocycles. The molecule has 0 radical (unpaired) electrons. The van der Waals surface area contributed by atoms with Gasteiger partial charge >= 0.3 is 0 Å². The number of rotatable bonds is 1. The molecule has 1 fully saturated rings. The van der Waals surface area contributed by atoms with E-state index in [0.717, 1.165) is 22.8 Å². The second kappa shape index (κ2) is 5.17. The van der Waals surface area contributed by atoms with Gasteiger partial charge in [-0.1, -0.05) is 34.1 Å². The fourth-order valence-corrected chi connectivity index (χ4v) is 4.83. The van der Waals surface area contributed by atoms with Crippen LogP contribution in [0.1, 0.15) is 5.56 Å². The second-order valence-corrected chi connectivity index (χ2v) is 6.67. The lowest BCUT2D eigenvalue weighted by atomic mass is 10.1. The molecule has 2 aliphatic rings. The lowest BCUT2D eigenvalue weighted by Gasteiger charge is -2.41. The number of aromatic nitrogens is 2. The third kappa shape index (κ3) is 1.85. The van der Waals surface area contributed by atoms with Crippen LogP contribution in [0.3, 0.4) is 0 Å². The van der Waals surface area contributed by atoms with Gasteiger partial charge in [-0.15, -0.1) is 11.8 Å². The maximum absolute atomic E-state index is 8.65. The largest absolute Gasteiger partial charge is 0.298 e. The van der Waals surface area contributed by atoms with E-state index >= 15 is 0 Å². The average Bonchev–Trinajstić information content (AvgIpc) is 3.12. The fourth-order valence-electron chi connectivity index (χ4n) is 2.93. The first-order valence-electron chi connectivity index (χ1n) is 6.87. The molecule has 0 bridgehead atoms. The molecule has 1 aromatic carbocycles. The number of para-hydroxylation sites is 1. The molecular weight excluding hydrogens is 362 g/mol. The Morgan fingerprint density at radius 3 is 2.82 bits per heavy atom. The molecule has 112 valence electrons. The summed E-state index contributed by atoms with van der Waals surface area (Å²) in [6.07, 6.45) is 1.78. The summed E-state index contributed by atoms with van der Waals surface area (Å²) in [5.74, 6) is 2.38. The third-order valence-corrected chi connectivity index (χ3v) is 5.63. The van der Waals surface area contributed by atoms with E-state index in [1.807, 2.05) is 58.8 Å². The average molecular weight is 376 g/mol. The Labute approximate surface area is 141 Å². The van der Waals surface area contributed by atoms with Gasteiger partial charge in [0.15, 0.2) is 5.50 Å². The number of halogens is 1. The molecule has 2 aliphatic heterocycles. The highest BCUT2D eigenvalue weighted by Gasteiger charge is 2.44. The van der Waals surface area contributed by atoms with Crippen LogP contribution in [0.2, 0.25) is 0 Å². The zero-order chi connectivity index (χ0) is 15.3. The Balaban J connectivity index is 1.92. The number of hydrogen-bond acceptors (Lipinski definition) is 4. The monoisotopic (exact) mass is 375 g/mol. The maximum Gasteiger partial charge on any atom is 0.161 e. The SMILES string of the molecule is Cn1ncc2c1N1/C(=C\Br)CSC1N(c1ccccc1)C2=N. The van der Waals surface area contributed by atoms with Crippen molar-refractivity contribution in [3.63, 3.8) is 0 Å². The van der Waals surface area contributed by atoms with Gasteiger partial charge in [-0.05, 0) is 12.1 Å². The van der Waals surface area contributed by atoms with Crippen LogP contribution in [0, 0.1) is 5.41 Å². The van der Waals surface area contributed by atoms with E-state index in [4.69, 9.17) is 5.41 Å². The summed E-state index contributed by atoms with van der Waals surface area (Å²) in [7, 11) is 1.93. The van der Waals surface area contributed by atoms with Gasteiger partial charge in [-0.2, -0.15) is 5.10 Å². The van der Waals surface area contributed by atoms with Crippen LogP contribution in [0.5, 0.6) is 0 Å². The van der Waals surface area contributed by atoms with Crippen molar-refractivity contribution in [2.75, 3.05) is 15.6 Å². The molecule has 0 amide bonds. The summed E-state index contributed by atoms with van der Waals surface area (Å²) >= 11 is 5.29. The van der Waals surface area contributed by atoms with E-state index in [9.17, 15) is 0 Å². The molecule has 1 N–H and O–H groups in total. The van der Waals surface area contributed by atoms with Gasteiger partial charge in [0.1, 0.15) is 11.7 Å². The highest BCUT2D eigenvalue weighted by molar-refractivity contribution is 9.11. The number of hydrogen-bond donors (Lipinski definition) is 1. The van der Waals surface area contributed by atoms with Crippen LogP contribution >= 0.6 is 27.7 Å². The van der Waals surface area contributed by atoms with Gasteiger partial charge in [0.25, 0.3) is 0 Å². The Kier molecular flexibility index (Phi) is 3.27. The molecule has 1 aromatic heterocycles. The third-order valence-electron chi connectivity index (χ3n) is 3.92. The van der Waals surface area contributed by atoms with Crippen LogP contribution in [0.15, 0.2) is 47.2 Å². The van der Waals surface area contributed by atoms with Crippen LogP contribution in [0.4, 0.5) is 11.5 Å². The molecule has 0 spiro atoms. The highest BCUT2D eigenvalue weighted by Crippen LogP contribution is 2.45. The predicted octanol–water partition coefficient (Wildman–Crippen LogP) is 3.34. The van der Waals surface area contributed by atoms with Crippen LogP contribution < -0.4 is 9.80 Å². The van der Waals surface area contributed by atoms with Gasteiger partial charge in [0.2, 0.25) is 0 Å². The van der Waals surface area contributed by atoms with Crippen molar-refractivity contribution in [2.24, 2.45) is 7.05 Å². The zero-order valence-electron chi connectivity index (χ0n) is 11.9. The lowest BCUT2D eigenvalue weighted by Crippen LogP contribution is -2.51. The van der Waals surface area contributed by atoms with Crippen molar-refractivity contribution in [1.82, 2.24) is 9.78 Å². The number of thioether (sulfide) groups is 1. The summed E-state index contributed by atoms with van der Waals surface area (Å²) < 4.78 is 1.85. The molecule has 22 heavy (non-hydrogen) atoms. The molecule has 4 rings (SSSR count). The maximum atomic E-state index is 8.65. The smallest absolute Gasteiger partial charge is 0.161 e. The van der Waals surface area contributed by atoms with Gasteiger partial charge < -0.3 is 0 Å². The number of amidine groups is 1. The minimum Gasteiger partial charge on any atom is -0.298 e. The number of anilines is 2. The van der Waals surface area contributed by atoms with Crippen LogP contribution in [-0.2, 0) is 7.05 Å². The van der Waals surface area contributed by atoms with E-state index in [1.54, 1.807) is 6.20 Å². The normalized spacial score (nSPS) is 22.2. The van der Waals surface area contributed by atoms with Crippen molar-refractivity contribution in [1.29, 1.82) is 5.41 Å². The van der Waals surface area contributed by atoms with Gasteiger partial charge in [-0.25, -0.2) is 0 Å². The molecule has 1 unspecified atom stereocenters. The molecule has 2 aromatic rings. The fraction of sp³-hybridized carbons (Fsp3) is 0.200. The first kappa shape index (κ1) is 13.9. The highest BCUT2D eigenvalue weighted by atomic mass is 79.9. The Hall–Kier alpha value is -1.73. The summed E-state index contributed by atoms with van der Waals surface area (Å²) in [4.78, 5) is 6.29. The van der Waals surface area contributed by atoms with Gasteiger partial charge in [0.05, 0.1) is 11.8 Å². The minimum absolute atomic E-state index is 0.0431. The Morgan fingerprint density at radius 2 is 2.09 bits per heavy atom. The summed E-state index contributed by atoms with van der Waals surface area (Å²) in [5, 5.41) is 13.0. The summed E-state index contributed by atoms with van der Waals surface area (Å²) in [5.41, 5.74) is 3.12. The second-order valence-electron chi connectivity index (χ2n) is 5.17. The minimum atomic E-state index is 0.0431. The van der Waals surface area contributed by atoms with Crippen molar-refractivity contribution in [3.8, 4) is 0 Å². The number of nitrogens with zero attached hydrogens (tertiary/aromatic N) is 4. The molecule has 1 saturated heterocycles. The summed E-state index contributed by atoms with van der Waals surface area (Å²) in [6, 6.07) is 10.1. The number of nitrogens with one attached hydrogen (secondary N) is 1. The number of benzene rings is 1.